The molecule has 2 aromatic carbocycles. The second kappa shape index (κ2) is 9.68. The number of esters is 1. The highest BCUT2D eigenvalue weighted by molar-refractivity contribution is 7.99. The molecular weight excluding hydrogens is 344 g/mol. The van der Waals surface area contributed by atoms with Crippen molar-refractivity contribution in [2.24, 2.45) is 5.92 Å². The molecule has 0 spiro atoms. The first-order valence-corrected chi connectivity index (χ1v) is 8.65. The van der Waals surface area contributed by atoms with Crippen LogP contribution in [0.2, 0.25) is 0 Å². The highest BCUT2D eigenvalue weighted by Crippen LogP contribution is 2.22. The van der Waals surface area contributed by atoms with Gasteiger partial charge in [-0.15, -0.1) is 11.8 Å². The van der Waals surface area contributed by atoms with Crippen LogP contribution in [0.5, 0.6) is 5.75 Å². The van der Waals surface area contributed by atoms with E-state index >= 15 is 0 Å². The maximum atomic E-state index is 12.2. The third-order valence-corrected chi connectivity index (χ3v) is 4.69. The highest BCUT2D eigenvalue weighted by Gasteiger charge is 2.19. The summed E-state index contributed by atoms with van der Waals surface area (Å²) in [6, 6.07) is 13.2. The number of benzene rings is 2. The first-order valence-electron chi connectivity index (χ1n) is 7.60. The molecule has 2 aromatic rings. The molecule has 0 amide bonds. The fourth-order valence-electron chi connectivity index (χ4n) is 2.07. The van der Waals surface area contributed by atoms with Crippen molar-refractivity contribution in [2.45, 2.75) is 12.4 Å². The van der Waals surface area contributed by atoms with Gasteiger partial charge in [0.05, 0.1) is 5.92 Å². The van der Waals surface area contributed by atoms with Crippen LogP contribution in [0, 0.1) is 5.92 Å². The van der Waals surface area contributed by atoms with Gasteiger partial charge in [0.1, 0.15) is 12.4 Å². The molecule has 0 N–H and O–H groups in total. The maximum absolute atomic E-state index is 12.2. The molecule has 7 heteroatoms. The Labute approximate surface area is 149 Å². The van der Waals surface area contributed by atoms with Crippen LogP contribution in [0.25, 0.3) is 10.8 Å². The summed E-state index contributed by atoms with van der Waals surface area (Å²) in [6.45, 7) is 2.21. The summed E-state index contributed by atoms with van der Waals surface area (Å²) in [5.41, 5.74) is -0.654. The molecule has 0 bridgehead atoms. The lowest BCUT2D eigenvalue weighted by Gasteiger charge is -2.16. The molecule has 0 fully saturated rings. The number of carbonyl (C=O) groups excluding carboxylic acids is 3. The third kappa shape index (κ3) is 5.79. The van der Waals surface area contributed by atoms with Gasteiger partial charge >= 0.3 is 5.97 Å². The molecule has 0 aliphatic rings. The average Bonchev–Trinajstić information content (AvgIpc) is 2.63. The van der Waals surface area contributed by atoms with Crippen LogP contribution in [-0.4, -0.2) is 36.7 Å². The molecule has 2 rings (SSSR count). The minimum absolute atomic E-state index is 0.0701. The van der Waals surface area contributed by atoms with Crippen molar-refractivity contribution in [3.8, 4) is 5.75 Å². The third-order valence-electron chi connectivity index (χ3n) is 3.38. The van der Waals surface area contributed by atoms with Gasteiger partial charge in [-0.25, -0.2) is 0 Å². The Morgan fingerprint density at radius 1 is 1.12 bits per heavy atom. The Hall–Kier alpha value is -2.54. The van der Waals surface area contributed by atoms with Crippen LogP contribution in [-0.2, 0) is 23.9 Å². The zero-order valence-electron chi connectivity index (χ0n) is 13.6. The van der Waals surface area contributed by atoms with E-state index in [0.717, 1.165) is 10.8 Å². The summed E-state index contributed by atoms with van der Waals surface area (Å²) >= 11 is 1.20. The van der Waals surface area contributed by atoms with Crippen LogP contribution in [0.3, 0.4) is 0 Å². The van der Waals surface area contributed by atoms with Crippen molar-refractivity contribution in [2.75, 3.05) is 12.4 Å². The van der Waals surface area contributed by atoms with Gasteiger partial charge in [0.25, 0.3) is 12.9 Å². The molecule has 132 valence electrons. The number of ether oxygens (including phenoxy) is 3. The monoisotopic (exact) mass is 362 g/mol. The SMILES string of the molecule is CC(CSC(COC=O)OC=O)C(=O)Oc1ccc2ccccc2c1. The largest absolute Gasteiger partial charge is 0.463 e. The Morgan fingerprint density at radius 2 is 1.88 bits per heavy atom. The fraction of sp³-hybridized carbons (Fsp3) is 0.278. The molecule has 6 nitrogen and oxygen atoms in total. The van der Waals surface area contributed by atoms with Crippen LogP contribution in [0.1, 0.15) is 6.92 Å². The van der Waals surface area contributed by atoms with Gasteiger partial charge in [-0.05, 0) is 22.9 Å². The standard InChI is InChI=1S/C18H18O6S/c1-13(10-25-17(23-12-20)9-22-11-19)18(21)24-16-7-6-14-4-2-3-5-15(14)8-16/h2-8,11-13,17H,9-10H2,1H3. The van der Waals surface area contributed by atoms with E-state index in [1.807, 2.05) is 36.4 Å². The zero-order chi connectivity index (χ0) is 18.1. The van der Waals surface area contributed by atoms with Crippen LogP contribution in [0.4, 0.5) is 0 Å². The van der Waals surface area contributed by atoms with Crippen molar-refractivity contribution in [1.29, 1.82) is 0 Å². The molecule has 0 radical (unpaired) electrons. The summed E-state index contributed by atoms with van der Waals surface area (Å²) < 4.78 is 14.8. The number of thioether (sulfide) groups is 1. The fourth-order valence-corrected chi connectivity index (χ4v) is 3.01. The van der Waals surface area contributed by atoms with E-state index in [9.17, 15) is 14.4 Å². The molecule has 0 saturated heterocycles. The maximum Gasteiger partial charge on any atom is 0.314 e. The van der Waals surface area contributed by atoms with E-state index in [0.29, 0.717) is 11.5 Å². The smallest absolute Gasteiger partial charge is 0.314 e. The summed E-state index contributed by atoms with van der Waals surface area (Å²) in [4.78, 5) is 32.8. The van der Waals surface area contributed by atoms with Crippen molar-refractivity contribution in [3.63, 3.8) is 0 Å². The molecule has 2 unspecified atom stereocenters. The van der Waals surface area contributed by atoms with E-state index in [1.54, 1.807) is 13.0 Å². The van der Waals surface area contributed by atoms with Crippen LogP contribution < -0.4 is 4.74 Å². The molecule has 0 aromatic heterocycles. The van der Waals surface area contributed by atoms with Gasteiger partial charge in [0, 0.05) is 5.75 Å². The van der Waals surface area contributed by atoms with Crippen molar-refractivity contribution in [3.05, 3.63) is 42.5 Å². The van der Waals surface area contributed by atoms with E-state index in [1.165, 1.54) is 11.8 Å². The Kier molecular flexibility index (Phi) is 7.28. The Balaban J connectivity index is 1.89. The highest BCUT2D eigenvalue weighted by atomic mass is 32.2. The van der Waals surface area contributed by atoms with Gasteiger partial charge in [0.2, 0.25) is 0 Å². The molecular formula is C18H18O6S. The summed E-state index contributed by atoms with van der Waals surface area (Å²) in [6.07, 6.45) is 0. The first kappa shape index (κ1) is 18.8. The number of rotatable bonds is 10. The molecule has 0 heterocycles. The van der Waals surface area contributed by atoms with Gasteiger partial charge in [-0.1, -0.05) is 37.3 Å². The number of carbonyl (C=O) groups is 3. The summed E-state index contributed by atoms with van der Waals surface area (Å²) in [5.74, 6) is 0.0209. The Morgan fingerprint density at radius 3 is 2.60 bits per heavy atom. The molecule has 0 saturated carbocycles. The quantitative estimate of drug-likeness (QED) is 0.278. The van der Waals surface area contributed by atoms with Crippen molar-refractivity contribution < 1.29 is 28.6 Å². The minimum Gasteiger partial charge on any atom is -0.463 e. The molecule has 25 heavy (non-hydrogen) atoms. The number of fused-ring (bicyclic) bond motifs is 1. The average molecular weight is 362 g/mol. The lowest BCUT2D eigenvalue weighted by molar-refractivity contribution is -0.138. The predicted octanol–water partition coefficient (Wildman–Crippen LogP) is 2.79. The van der Waals surface area contributed by atoms with E-state index in [-0.39, 0.29) is 25.5 Å². The first-order chi connectivity index (χ1) is 12.1. The molecule has 2 atom stereocenters. The number of hydrogen-bond acceptors (Lipinski definition) is 7. The van der Waals surface area contributed by atoms with Gasteiger partial charge in [-0.2, -0.15) is 0 Å². The molecule has 0 aliphatic carbocycles. The Bertz CT molecular complexity index is 732. The van der Waals surface area contributed by atoms with Gasteiger partial charge < -0.3 is 14.2 Å². The predicted molar refractivity (Wildman–Crippen MR) is 94.2 cm³/mol. The second-order valence-corrected chi connectivity index (χ2v) is 6.45. The lowest BCUT2D eigenvalue weighted by atomic mass is 10.1. The van der Waals surface area contributed by atoms with E-state index in [2.05, 4.69) is 4.74 Å². The topological polar surface area (TPSA) is 78.9 Å². The van der Waals surface area contributed by atoms with E-state index in [4.69, 9.17) is 9.47 Å². The second-order valence-electron chi connectivity index (χ2n) is 5.26. The molecule has 0 aliphatic heterocycles. The van der Waals surface area contributed by atoms with Gasteiger partial charge in [-0.3, -0.25) is 14.4 Å². The zero-order valence-corrected chi connectivity index (χ0v) is 14.4. The minimum atomic E-state index is -0.654. The summed E-state index contributed by atoms with van der Waals surface area (Å²) in [5, 5.41) is 2.05. The normalized spacial score (nSPS) is 12.8. The summed E-state index contributed by atoms with van der Waals surface area (Å²) in [7, 11) is 0. The number of hydrogen-bond donors (Lipinski definition) is 0. The van der Waals surface area contributed by atoms with Crippen LogP contribution >= 0.6 is 11.8 Å². The van der Waals surface area contributed by atoms with Crippen molar-refractivity contribution >= 4 is 41.4 Å². The lowest BCUT2D eigenvalue weighted by Crippen LogP contribution is -2.23. The van der Waals surface area contributed by atoms with E-state index < -0.39 is 11.4 Å². The van der Waals surface area contributed by atoms with Gasteiger partial charge in [0.15, 0.2) is 5.44 Å². The van der Waals surface area contributed by atoms with Crippen LogP contribution in [0.15, 0.2) is 42.5 Å². The van der Waals surface area contributed by atoms with Crippen molar-refractivity contribution in [1.82, 2.24) is 0 Å².